The summed E-state index contributed by atoms with van der Waals surface area (Å²) >= 11 is 1.79. The summed E-state index contributed by atoms with van der Waals surface area (Å²) in [5.74, 6) is 6.08. The van der Waals surface area contributed by atoms with Crippen molar-refractivity contribution in [3.8, 4) is 11.8 Å². The van der Waals surface area contributed by atoms with Gasteiger partial charge in [0, 0.05) is 23.0 Å². The lowest BCUT2D eigenvalue weighted by atomic mass is 10.2. The fourth-order valence-corrected chi connectivity index (χ4v) is 2.60. The highest BCUT2D eigenvalue weighted by Crippen LogP contribution is 2.19. The van der Waals surface area contributed by atoms with Crippen LogP contribution in [-0.2, 0) is 6.54 Å². The first-order valence-corrected chi connectivity index (χ1v) is 7.10. The zero-order valence-corrected chi connectivity index (χ0v) is 11.8. The van der Waals surface area contributed by atoms with E-state index in [1.54, 1.807) is 11.3 Å². The minimum Gasteiger partial charge on any atom is -0.320 e. The predicted molar refractivity (Wildman–Crippen MR) is 76.1 cm³/mol. The van der Waals surface area contributed by atoms with Crippen LogP contribution < -0.4 is 5.73 Å². The number of thiophene rings is 1. The summed E-state index contributed by atoms with van der Waals surface area (Å²) in [6.07, 6.45) is 1.18. The van der Waals surface area contributed by atoms with Crippen molar-refractivity contribution in [3.63, 3.8) is 0 Å². The van der Waals surface area contributed by atoms with Crippen molar-refractivity contribution in [1.29, 1.82) is 0 Å². The van der Waals surface area contributed by atoms with E-state index in [1.165, 1.54) is 11.3 Å². The van der Waals surface area contributed by atoms with Gasteiger partial charge in [0.15, 0.2) is 0 Å². The molecule has 1 aromatic rings. The van der Waals surface area contributed by atoms with E-state index >= 15 is 0 Å². The molecule has 1 rings (SSSR count). The number of nitrogens with two attached hydrogens (primary N) is 1. The molecule has 0 saturated carbocycles. The van der Waals surface area contributed by atoms with Gasteiger partial charge in [-0.05, 0) is 31.3 Å². The molecule has 0 aliphatic rings. The third kappa shape index (κ3) is 4.16. The molecule has 0 aliphatic heterocycles. The molecular formula is C14H22N2S. The van der Waals surface area contributed by atoms with Crippen molar-refractivity contribution >= 4 is 11.3 Å². The van der Waals surface area contributed by atoms with Crippen LogP contribution in [0.5, 0.6) is 0 Å². The predicted octanol–water partition coefficient (Wildman–Crippen LogP) is 2.68. The molecule has 1 unspecified atom stereocenters. The molecule has 0 saturated heterocycles. The van der Waals surface area contributed by atoms with Crippen LogP contribution >= 0.6 is 11.3 Å². The van der Waals surface area contributed by atoms with Crippen LogP contribution in [0, 0.1) is 11.8 Å². The van der Waals surface area contributed by atoms with Crippen LogP contribution in [0.1, 0.15) is 37.6 Å². The van der Waals surface area contributed by atoms with Gasteiger partial charge in [0.05, 0.1) is 6.54 Å². The Morgan fingerprint density at radius 2 is 2.24 bits per heavy atom. The third-order valence-electron chi connectivity index (χ3n) is 3.04. The number of rotatable bonds is 5. The lowest BCUT2D eigenvalue weighted by molar-refractivity contribution is 0.208. The number of hydrogen-bond donors (Lipinski definition) is 1. The summed E-state index contributed by atoms with van der Waals surface area (Å²) in [7, 11) is 0. The first-order valence-electron chi connectivity index (χ1n) is 6.22. The van der Waals surface area contributed by atoms with Gasteiger partial charge in [-0.1, -0.05) is 25.7 Å². The average molecular weight is 250 g/mol. The maximum atomic E-state index is 5.41. The summed E-state index contributed by atoms with van der Waals surface area (Å²) < 4.78 is 0. The van der Waals surface area contributed by atoms with Crippen molar-refractivity contribution in [2.75, 3.05) is 13.1 Å². The van der Waals surface area contributed by atoms with Crippen LogP contribution in [0.2, 0.25) is 0 Å². The zero-order valence-electron chi connectivity index (χ0n) is 11.0. The fourth-order valence-electron chi connectivity index (χ4n) is 1.74. The second kappa shape index (κ2) is 7.50. The molecule has 0 amide bonds. The Kier molecular flexibility index (Phi) is 6.28. The Morgan fingerprint density at radius 3 is 2.82 bits per heavy atom. The van der Waals surface area contributed by atoms with E-state index in [4.69, 9.17) is 5.73 Å². The Labute approximate surface area is 109 Å². The summed E-state index contributed by atoms with van der Waals surface area (Å²) in [6.45, 7) is 9.23. The standard InChI is InChI=1S/C14H22N2S/c1-4-12(3)16(5-2)11-14-13(7-6-9-15)8-10-17-14/h8,10,12H,4-5,9,11,15H2,1-3H3. The minimum atomic E-state index is 0.429. The highest BCUT2D eigenvalue weighted by molar-refractivity contribution is 7.10. The lowest BCUT2D eigenvalue weighted by Crippen LogP contribution is -2.31. The highest BCUT2D eigenvalue weighted by Gasteiger charge is 2.12. The summed E-state index contributed by atoms with van der Waals surface area (Å²) in [5, 5.41) is 2.11. The van der Waals surface area contributed by atoms with Gasteiger partial charge < -0.3 is 5.73 Å². The Hall–Kier alpha value is -0.820. The normalized spacial score (nSPS) is 12.3. The third-order valence-corrected chi connectivity index (χ3v) is 3.94. The molecule has 2 nitrogen and oxygen atoms in total. The molecule has 17 heavy (non-hydrogen) atoms. The molecule has 1 atom stereocenters. The SMILES string of the molecule is CCC(C)N(CC)Cc1sccc1C#CCN. The van der Waals surface area contributed by atoms with Crippen molar-refractivity contribution in [2.45, 2.75) is 39.8 Å². The molecule has 1 aromatic heterocycles. The quantitative estimate of drug-likeness (QED) is 0.814. The molecule has 0 spiro atoms. The van der Waals surface area contributed by atoms with Gasteiger partial charge in [-0.25, -0.2) is 0 Å². The Balaban J connectivity index is 2.76. The fraction of sp³-hybridized carbons (Fsp3) is 0.571. The van der Waals surface area contributed by atoms with E-state index < -0.39 is 0 Å². The summed E-state index contributed by atoms with van der Waals surface area (Å²) in [5.41, 5.74) is 6.55. The lowest BCUT2D eigenvalue weighted by Gasteiger charge is -2.26. The van der Waals surface area contributed by atoms with Crippen molar-refractivity contribution in [2.24, 2.45) is 5.73 Å². The van der Waals surface area contributed by atoms with Gasteiger partial charge in [-0.2, -0.15) is 0 Å². The second-order valence-corrected chi connectivity index (χ2v) is 5.08. The monoisotopic (exact) mass is 250 g/mol. The van der Waals surface area contributed by atoms with Gasteiger partial charge in [-0.15, -0.1) is 11.3 Å². The molecule has 0 radical (unpaired) electrons. The van der Waals surface area contributed by atoms with E-state index in [1.807, 2.05) is 0 Å². The van der Waals surface area contributed by atoms with Gasteiger partial charge in [-0.3, -0.25) is 4.90 Å². The van der Waals surface area contributed by atoms with E-state index in [9.17, 15) is 0 Å². The topological polar surface area (TPSA) is 29.3 Å². The van der Waals surface area contributed by atoms with Crippen molar-refractivity contribution in [3.05, 3.63) is 21.9 Å². The van der Waals surface area contributed by atoms with Crippen LogP contribution in [0.4, 0.5) is 0 Å². The first kappa shape index (κ1) is 14.2. The molecule has 3 heteroatoms. The Morgan fingerprint density at radius 1 is 1.47 bits per heavy atom. The average Bonchev–Trinajstić information content (AvgIpc) is 2.79. The van der Waals surface area contributed by atoms with E-state index in [2.05, 4.69) is 49.0 Å². The molecule has 0 aliphatic carbocycles. The van der Waals surface area contributed by atoms with E-state index in [0.717, 1.165) is 18.7 Å². The van der Waals surface area contributed by atoms with Gasteiger partial charge in [0.25, 0.3) is 0 Å². The molecule has 1 heterocycles. The van der Waals surface area contributed by atoms with Crippen LogP contribution in [0.3, 0.4) is 0 Å². The molecular weight excluding hydrogens is 228 g/mol. The second-order valence-electron chi connectivity index (χ2n) is 4.08. The van der Waals surface area contributed by atoms with Gasteiger partial charge >= 0.3 is 0 Å². The largest absolute Gasteiger partial charge is 0.320 e. The summed E-state index contributed by atoms with van der Waals surface area (Å²) in [4.78, 5) is 3.84. The molecule has 0 aromatic carbocycles. The smallest absolute Gasteiger partial charge is 0.0555 e. The van der Waals surface area contributed by atoms with Crippen LogP contribution in [-0.4, -0.2) is 24.0 Å². The number of nitrogens with zero attached hydrogens (tertiary/aromatic N) is 1. The van der Waals surface area contributed by atoms with Crippen molar-refractivity contribution < 1.29 is 0 Å². The number of hydrogen-bond acceptors (Lipinski definition) is 3. The molecule has 2 N–H and O–H groups in total. The maximum Gasteiger partial charge on any atom is 0.0555 e. The zero-order chi connectivity index (χ0) is 12.7. The first-order chi connectivity index (χ1) is 8.22. The van der Waals surface area contributed by atoms with Gasteiger partial charge in [0.2, 0.25) is 0 Å². The van der Waals surface area contributed by atoms with Crippen molar-refractivity contribution in [1.82, 2.24) is 4.90 Å². The van der Waals surface area contributed by atoms with Crippen LogP contribution in [0.25, 0.3) is 0 Å². The molecule has 0 fully saturated rings. The van der Waals surface area contributed by atoms with E-state index in [-0.39, 0.29) is 0 Å². The molecule has 94 valence electrons. The van der Waals surface area contributed by atoms with Crippen LogP contribution in [0.15, 0.2) is 11.4 Å². The maximum absolute atomic E-state index is 5.41. The Bertz CT molecular complexity index is 386. The van der Waals surface area contributed by atoms with E-state index in [0.29, 0.717) is 12.6 Å². The highest BCUT2D eigenvalue weighted by atomic mass is 32.1. The van der Waals surface area contributed by atoms with Gasteiger partial charge in [0.1, 0.15) is 0 Å². The molecule has 0 bridgehead atoms. The minimum absolute atomic E-state index is 0.429. The summed E-state index contributed by atoms with van der Waals surface area (Å²) in [6, 6.07) is 2.71.